The Labute approximate surface area is 130 Å². The third-order valence-corrected chi connectivity index (χ3v) is 3.84. The van der Waals surface area contributed by atoms with E-state index in [0.717, 1.165) is 0 Å². The zero-order chi connectivity index (χ0) is 15.1. The van der Waals surface area contributed by atoms with Crippen LogP contribution in [0.25, 0.3) is 0 Å². The number of allylic oxidation sites excluding steroid dienone is 1. The van der Waals surface area contributed by atoms with Crippen molar-refractivity contribution in [3.8, 4) is 0 Å². The third kappa shape index (κ3) is 2.32. The minimum absolute atomic E-state index is 0.152. The molecule has 2 unspecified atom stereocenters. The molecule has 2 atom stereocenters. The second-order valence-electron chi connectivity index (χ2n) is 4.62. The van der Waals surface area contributed by atoms with Crippen molar-refractivity contribution < 1.29 is 19.2 Å². The molecule has 108 valence electrons. The Bertz CT molecular complexity index is 691. The summed E-state index contributed by atoms with van der Waals surface area (Å²) in [7, 11) is 0. The fourth-order valence-corrected chi connectivity index (χ4v) is 2.98. The molecule has 1 aromatic carbocycles. The Morgan fingerprint density at radius 3 is 2.62 bits per heavy atom. The van der Waals surface area contributed by atoms with Crippen molar-refractivity contribution in [3.05, 3.63) is 45.6 Å². The van der Waals surface area contributed by atoms with Gasteiger partial charge in [0.2, 0.25) is 6.10 Å². The topological polar surface area (TPSA) is 65.0 Å². The molecule has 0 bridgehead atoms. The van der Waals surface area contributed by atoms with Crippen LogP contribution in [-0.4, -0.2) is 23.6 Å². The van der Waals surface area contributed by atoms with Crippen molar-refractivity contribution in [2.45, 2.75) is 13.0 Å². The zero-order valence-electron chi connectivity index (χ0n) is 10.8. The van der Waals surface area contributed by atoms with E-state index in [1.54, 1.807) is 18.2 Å². The third-order valence-electron chi connectivity index (χ3n) is 3.21. The standard InChI is InChI=1S/C14H9Cl2NO4/c1-6(18)20-10-5-9(19)12-13(17-21-14(10)12)11-7(15)3-2-4-8(11)16/h2-5,12,14H,1H3. The summed E-state index contributed by atoms with van der Waals surface area (Å²) < 4.78 is 4.98. The number of benzene rings is 1. The lowest BCUT2D eigenvalue weighted by molar-refractivity contribution is -0.139. The van der Waals surface area contributed by atoms with Crippen molar-refractivity contribution >= 4 is 40.7 Å². The molecule has 0 spiro atoms. The van der Waals surface area contributed by atoms with Crippen molar-refractivity contribution in [3.63, 3.8) is 0 Å². The summed E-state index contributed by atoms with van der Waals surface area (Å²) in [6.07, 6.45) is 0.500. The summed E-state index contributed by atoms with van der Waals surface area (Å²) in [5.41, 5.74) is 0.804. The number of hydrogen-bond acceptors (Lipinski definition) is 5. The monoisotopic (exact) mass is 325 g/mol. The van der Waals surface area contributed by atoms with Gasteiger partial charge in [0, 0.05) is 18.6 Å². The van der Waals surface area contributed by atoms with Gasteiger partial charge in [0.25, 0.3) is 0 Å². The number of ketones is 1. The average Bonchev–Trinajstić information content (AvgIpc) is 2.93. The van der Waals surface area contributed by atoms with Crippen LogP contribution in [0, 0.1) is 5.92 Å². The molecule has 1 aliphatic heterocycles. The summed E-state index contributed by atoms with van der Waals surface area (Å²) in [6, 6.07) is 5.00. The van der Waals surface area contributed by atoms with Crippen molar-refractivity contribution in [2.75, 3.05) is 0 Å². The van der Waals surface area contributed by atoms with Gasteiger partial charge < -0.3 is 9.57 Å². The fraction of sp³-hybridized carbons (Fsp3) is 0.214. The molecule has 0 amide bonds. The highest BCUT2D eigenvalue weighted by molar-refractivity contribution is 6.41. The normalized spacial score (nSPS) is 23.3. The number of carbonyl (C=O) groups is 2. The number of nitrogens with zero attached hydrogens (tertiary/aromatic N) is 1. The van der Waals surface area contributed by atoms with Crippen LogP contribution in [0.4, 0.5) is 0 Å². The number of fused-ring (bicyclic) bond motifs is 1. The van der Waals surface area contributed by atoms with Gasteiger partial charge >= 0.3 is 5.97 Å². The van der Waals surface area contributed by atoms with Crippen molar-refractivity contribution in [1.82, 2.24) is 0 Å². The van der Waals surface area contributed by atoms with E-state index in [2.05, 4.69) is 5.16 Å². The van der Waals surface area contributed by atoms with E-state index in [4.69, 9.17) is 32.8 Å². The Morgan fingerprint density at radius 1 is 1.33 bits per heavy atom. The molecule has 7 heteroatoms. The van der Waals surface area contributed by atoms with E-state index < -0.39 is 18.0 Å². The van der Waals surface area contributed by atoms with Gasteiger partial charge in [0.05, 0.1) is 10.0 Å². The number of carbonyl (C=O) groups excluding carboxylic acids is 2. The molecule has 3 rings (SSSR count). The van der Waals surface area contributed by atoms with Crippen molar-refractivity contribution in [1.29, 1.82) is 0 Å². The Hall–Kier alpha value is -1.85. The maximum Gasteiger partial charge on any atom is 0.307 e. The maximum atomic E-state index is 12.1. The first-order chi connectivity index (χ1) is 9.99. The molecule has 5 nitrogen and oxygen atoms in total. The van der Waals surface area contributed by atoms with Crippen LogP contribution in [0.3, 0.4) is 0 Å². The number of rotatable bonds is 2. The van der Waals surface area contributed by atoms with E-state index in [1.807, 2.05) is 0 Å². The van der Waals surface area contributed by atoms with Crippen LogP contribution in [0.1, 0.15) is 12.5 Å². The first kappa shape index (κ1) is 14.1. The van der Waals surface area contributed by atoms with Crippen LogP contribution < -0.4 is 0 Å². The van der Waals surface area contributed by atoms with Gasteiger partial charge in [-0.2, -0.15) is 0 Å². The highest BCUT2D eigenvalue weighted by Crippen LogP contribution is 2.38. The zero-order valence-corrected chi connectivity index (χ0v) is 12.3. The van der Waals surface area contributed by atoms with E-state index in [0.29, 0.717) is 21.3 Å². The highest BCUT2D eigenvalue weighted by Gasteiger charge is 2.48. The lowest BCUT2D eigenvalue weighted by atomic mass is 9.92. The summed E-state index contributed by atoms with van der Waals surface area (Å²) in [5, 5.41) is 4.66. The Balaban J connectivity index is 1.96. The van der Waals surface area contributed by atoms with Gasteiger partial charge in [-0.05, 0) is 12.1 Å². The minimum Gasteiger partial charge on any atom is -0.427 e. The number of oxime groups is 1. The molecule has 0 N–H and O–H groups in total. The van der Waals surface area contributed by atoms with Gasteiger partial charge in [0.1, 0.15) is 11.6 Å². The summed E-state index contributed by atoms with van der Waals surface area (Å²) in [6.45, 7) is 1.25. The number of ether oxygens (including phenoxy) is 1. The second-order valence-corrected chi connectivity index (χ2v) is 5.43. The van der Waals surface area contributed by atoms with Gasteiger partial charge in [-0.15, -0.1) is 0 Å². The quantitative estimate of drug-likeness (QED) is 0.784. The molecular formula is C14H9Cl2NO4. The average molecular weight is 326 g/mol. The first-order valence-corrected chi connectivity index (χ1v) is 6.86. The van der Waals surface area contributed by atoms with E-state index in [1.165, 1.54) is 13.0 Å². The second kappa shape index (κ2) is 5.16. The molecule has 0 saturated heterocycles. The highest BCUT2D eigenvalue weighted by atomic mass is 35.5. The fourth-order valence-electron chi connectivity index (χ4n) is 2.38. The number of hydrogen-bond donors (Lipinski definition) is 0. The maximum absolute atomic E-state index is 12.1. The molecule has 2 aliphatic rings. The lowest BCUT2D eigenvalue weighted by Gasteiger charge is -2.12. The molecule has 0 fully saturated rings. The number of esters is 1. The minimum atomic E-state index is -0.747. The summed E-state index contributed by atoms with van der Waals surface area (Å²) >= 11 is 12.3. The smallest absolute Gasteiger partial charge is 0.307 e. The Kier molecular flexibility index (Phi) is 3.47. The molecule has 0 radical (unpaired) electrons. The molecule has 1 heterocycles. The van der Waals surface area contributed by atoms with Gasteiger partial charge in [-0.1, -0.05) is 34.4 Å². The van der Waals surface area contributed by atoms with Crippen LogP contribution in [0.2, 0.25) is 10.0 Å². The van der Waals surface area contributed by atoms with E-state index in [-0.39, 0.29) is 11.5 Å². The summed E-state index contributed by atoms with van der Waals surface area (Å²) in [5.74, 6) is -1.33. The molecule has 1 aliphatic carbocycles. The van der Waals surface area contributed by atoms with Crippen LogP contribution in [0.5, 0.6) is 0 Å². The number of halogens is 2. The SMILES string of the molecule is CC(=O)OC1=CC(=O)C2C(c3c(Cl)cccc3Cl)=NOC12. The Morgan fingerprint density at radius 2 is 2.00 bits per heavy atom. The molecular weight excluding hydrogens is 317 g/mol. The van der Waals surface area contributed by atoms with Crippen molar-refractivity contribution in [2.24, 2.45) is 11.1 Å². The predicted molar refractivity (Wildman–Crippen MR) is 76.2 cm³/mol. The predicted octanol–water partition coefficient (Wildman–Crippen LogP) is 2.74. The van der Waals surface area contributed by atoms with Gasteiger partial charge in [0.15, 0.2) is 11.5 Å². The van der Waals surface area contributed by atoms with Crippen LogP contribution >= 0.6 is 23.2 Å². The molecule has 0 saturated carbocycles. The largest absolute Gasteiger partial charge is 0.427 e. The van der Waals surface area contributed by atoms with E-state index >= 15 is 0 Å². The molecule has 1 aromatic rings. The first-order valence-electron chi connectivity index (χ1n) is 6.11. The molecule has 0 aromatic heterocycles. The van der Waals surface area contributed by atoms with Crippen LogP contribution in [0.15, 0.2) is 35.2 Å². The van der Waals surface area contributed by atoms with Gasteiger partial charge in [-0.3, -0.25) is 9.59 Å². The van der Waals surface area contributed by atoms with E-state index in [9.17, 15) is 9.59 Å². The molecule has 21 heavy (non-hydrogen) atoms. The van der Waals surface area contributed by atoms with Crippen LogP contribution in [-0.2, 0) is 19.2 Å². The summed E-state index contributed by atoms with van der Waals surface area (Å²) in [4.78, 5) is 28.4. The lowest BCUT2D eigenvalue weighted by Crippen LogP contribution is -2.27. The van der Waals surface area contributed by atoms with Gasteiger partial charge in [-0.25, -0.2) is 0 Å².